The highest BCUT2D eigenvalue weighted by Gasteiger charge is 2.19. The average Bonchev–Trinajstić information content (AvgIpc) is 2.72. The molecule has 0 spiro atoms. The molecular weight excluding hydrogens is 216 g/mol. The average molecular weight is 236 g/mol. The van der Waals surface area contributed by atoms with Crippen LogP contribution >= 0.6 is 0 Å². The standard InChI is InChI=1S/C13H20N2O2/c1-3-7-15-13(12(17-2)9-14-15)10-5-4-6-11(16)8-10/h8-9,11,16H,3-7H2,1-2H3. The molecule has 0 bridgehead atoms. The van der Waals surface area contributed by atoms with Crippen LogP contribution < -0.4 is 4.74 Å². The second kappa shape index (κ2) is 5.36. The molecule has 94 valence electrons. The Hall–Kier alpha value is -1.29. The lowest BCUT2D eigenvalue weighted by atomic mass is 9.95. The highest BCUT2D eigenvalue weighted by atomic mass is 16.5. The molecule has 1 N–H and O–H groups in total. The predicted molar refractivity (Wildman–Crippen MR) is 66.9 cm³/mol. The molecule has 17 heavy (non-hydrogen) atoms. The van der Waals surface area contributed by atoms with Crippen LogP contribution in [0.3, 0.4) is 0 Å². The SMILES string of the molecule is CCCn1ncc(OC)c1C1=CC(O)CCC1. The van der Waals surface area contributed by atoms with Crippen LogP contribution in [0.4, 0.5) is 0 Å². The molecule has 1 aliphatic rings. The number of aryl methyl sites for hydroxylation is 1. The van der Waals surface area contributed by atoms with Gasteiger partial charge < -0.3 is 9.84 Å². The third-order valence-corrected chi connectivity index (χ3v) is 3.10. The predicted octanol–water partition coefficient (Wildman–Crippen LogP) is 2.23. The molecule has 4 nitrogen and oxygen atoms in total. The number of aliphatic hydroxyl groups excluding tert-OH is 1. The van der Waals surface area contributed by atoms with E-state index in [0.717, 1.165) is 49.2 Å². The topological polar surface area (TPSA) is 47.3 Å². The van der Waals surface area contributed by atoms with Gasteiger partial charge in [0, 0.05) is 6.54 Å². The minimum atomic E-state index is -0.326. The lowest BCUT2D eigenvalue weighted by Gasteiger charge is -2.18. The Kier molecular flexibility index (Phi) is 3.84. The summed E-state index contributed by atoms with van der Waals surface area (Å²) in [7, 11) is 1.66. The van der Waals surface area contributed by atoms with E-state index in [2.05, 4.69) is 12.0 Å². The summed E-state index contributed by atoms with van der Waals surface area (Å²) in [6.45, 7) is 3.01. The summed E-state index contributed by atoms with van der Waals surface area (Å²) < 4.78 is 7.33. The summed E-state index contributed by atoms with van der Waals surface area (Å²) in [5.74, 6) is 0.804. The van der Waals surface area contributed by atoms with Gasteiger partial charge in [-0.25, -0.2) is 0 Å². The minimum Gasteiger partial charge on any atom is -0.493 e. The Labute approximate surface area is 102 Å². The van der Waals surface area contributed by atoms with E-state index in [-0.39, 0.29) is 6.10 Å². The number of aromatic nitrogens is 2. The molecule has 1 aromatic heterocycles. The Morgan fingerprint density at radius 3 is 3.06 bits per heavy atom. The van der Waals surface area contributed by atoms with E-state index in [1.165, 1.54) is 0 Å². The number of allylic oxidation sites excluding steroid dienone is 1. The van der Waals surface area contributed by atoms with E-state index in [0.29, 0.717) is 0 Å². The summed E-state index contributed by atoms with van der Waals surface area (Å²) in [6.07, 6.45) is 7.27. The normalized spacial score (nSPS) is 20.2. The van der Waals surface area contributed by atoms with E-state index in [4.69, 9.17) is 4.74 Å². The maximum atomic E-state index is 9.72. The summed E-state index contributed by atoms with van der Waals surface area (Å²) in [5.41, 5.74) is 2.19. The molecule has 0 saturated carbocycles. The number of rotatable bonds is 4. The summed E-state index contributed by atoms with van der Waals surface area (Å²) in [5, 5.41) is 14.1. The highest BCUT2D eigenvalue weighted by Crippen LogP contribution is 2.32. The molecule has 0 radical (unpaired) electrons. The van der Waals surface area contributed by atoms with Gasteiger partial charge in [0.15, 0.2) is 5.75 Å². The van der Waals surface area contributed by atoms with Crippen molar-refractivity contribution in [3.8, 4) is 5.75 Å². The first-order valence-corrected chi connectivity index (χ1v) is 6.25. The molecule has 0 fully saturated rings. The maximum Gasteiger partial charge on any atom is 0.164 e. The van der Waals surface area contributed by atoms with Gasteiger partial charge >= 0.3 is 0 Å². The van der Waals surface area contributed by atoms with Gasteiger partial charge in [-0.2, -0.15) is 5.10 Å². The second-order valence-corrected chi connectivity index (χ2v) is 4.44. The molecule has 1 atom stereocenters. The van der Waals surface area contributed by atoms with E-state index < -0.39 is 0 Å². The molecule has 4 heteroatoms. The number of ether oxygens (including phenoxy) is 1. The molecule has 2 rings (SSSR count). The number of aliphatic hydroxyl groups is 1. The lowest BCUT2D eigenvalue weighted by molar-refractivity contribution is 0.206. The number of nitrogens with zero attached hydrogens (tertiary/aromatic N) is 2. The zero-order valence-electron chi connectivity index (χ0n) is 10.5. The Morgan fingerprint density at radius 2 is 2.41 bits per heavy atom. The zero-order chi connectivity index (χ0) is 12.3. The van der Waals surface area contributed by atoms with Crippen LogP contribution in [0.1, 0.15) is 38.3 Å². The summed E-state index contributed by atoms with van der Waals surface area (Å²) in [4.78, 5) is 0. The molecular formula is C13H20N2O2. The number of hydrogen-bond donors (Lipinski definition) is 1. The molecule has 0 saturated heterocycles. The first kappa shape index (κ1) is 12.2. The van der Waals surface area contributed by atoms with Crippen molar-refractivity contribution < 1.29 is 9.84 Å². The van der Waals surface area contributed by atoms with E-state index >= 15 is 0 Å². The van der Waals surface area contributed by atoms with E-state index in [1.807, 2.05) is 10.8 Å². The zero-order valence-corrected chi connectivity index (χ0v) is 10.5. The van der Waals surface area contributed by atoms with Gasteiger partial charge in [-0.1, -0.05) is 13.0 Å². The molecule has 1 heterocycles. The maximum absolute atomic E-state index is 9.72. The fourth-order valence-corrected chi connectivity index (χ4v) is 2.32. The van der Waals surface area contributed by atoms with Crippen LogP contribution in [0.5, 0.6) is 5.75 Å². The second-order valence-electron chi connectivity index (χ2n) is 4.44. The summed E-state index contributed by atoms with van der Waals surface area (Å²) in [6, 6.07) is 0. The Morgan fingerprint density at radius 1 is 1.59 bits per heavy atom. The molecule has 1 aliphatic carbocycles. The lowest BCUT2D eigenvalue weighted by Crippen LogP contribution is -2.12. The van der Waals surface area contributed by atoms with Crippen molar-refractivity contribution in [1.29, 1.82) is 0 Å². The van der Waals surface area contributed by atoms with Crippen LogP contribution in [0.2, 0.25) is 0 Å². The van der Waals surface area contributed by atoms with Crippen molar-refractivity contribution in [2.24, 2.45) is 0 Å². The third kappa shape index (κ3) is 2.52. The van der Waals surface area contributed by atoms with Crippen molar-refractivity contribution in [3.05, 3.63) is 18.0 Å². The van der Waals surface area contributed by atoms with Gasteiger partial charge in [-0.15, -0.1) is 0 Å². The Bertz CT molecular complexity index is 410. The van der Waals surface area contributed by atoms with Crippen molar-refractivity contribution >= 4 is 5.57 Å². The van der Waals surface area contributed by atoms with Gasteiger partial charge in [0.1, 0.15) is 5.69 Å². The monoisotopic (exact) mass is 236 g/mol. The highest BCUT2D eigenvalue weighted by molar-refractivity contribution is 5.68. The first-order valence-electron chi connectivity index (χ1n) is 6.25. The van der Waals surface area contributed by atoms with Crippen LogP contribution in [-0.2, 0) is 6.54 Å². The van der Waals surface area contributed by atoms with Crippen molar-refractivity contribution in [1.82, 2.24) is 9.78 Å². The van der Waals surface area contributed by atoms with Crippen LogP contribution in [0.25, 0.3) is 5.57 Å². The first-order chi connectivity index (χ1) is 8.26. The number of hydrogen-bond acceptors (Lipinski definition) is 3. The van der Waals surface area contributed by atoms with Gasteiger partial charge in [-0.3, -0.25) is 4.68 Å². The fraction of sp³-hybridized carbons (Fsp3) is 0.615. The van der Waals surface area contributed by atoms with Gasteiger partial charge in [0.25, 0.3) is 0 Å². The molecule has 0 aromatic carbocycles. The molecule has 1 unspecified atom stereocenters. The minimum absolute atomic E-state index is 0.326. The largest absolute Gasteiger partial charge is 0.493 e. The molecule has 1 aromatic rings. The quantitative estimate of drug-likeness (QED) is 0.872. The fourth-order valence-electron chi connectivity index (χ4n) is 2.32. The van der Waals surface area contributed by atoms with Gasteiger partial charge in [0.05, 0.1) is 19.4 Å². The van der Waals surface area contributed by atoms with Crippen molar-refractivity contribution in [2.75, 3.05) is 7.11 Å². The third-order valence-electron chi connectivity index (χ3n) is 3.10. The van der Waals surface area contributed by atoms with Crippen LogP contribution in [0.15, 0.2) is 12.3 Å². The van der Waals surface area contributed by atoms with Gasteiger partial charge in [-0.05, 0) is 31.3 Å². The number of methoxy groups -OCH3 is 1. The van der Waals surface area contributed by atoms with Crippen molar-refractivity contribution in [2.45, 2.75) is 45.3 Å². The van der Waals surface area contributed by atoms with E-state index in [1.54, 1.807) is 13.3 Å². The molecule has 0 aliphatic heterocycles. The Balaban J connectivity index is 2.37. The van der Waals surface area contributed by atoms with E-state index in [9.17, 15) is 5.11 Å². The van der Waals surface area contributed by atoms with Crippen LogP contribution in [-0.4, -0.2) is 28.1 Å². The molecule has 0 amide bonds. The summed E-state index contributed by atoms with van der Waals surface area (Å²) >= 11 is 0. The smallest absolute Gasteiger partial charge is 0.164 e. The van der Waals surface area contributed by atoms with Crippen molar-refractivity contribution in [3.63, 3.8) is 0 Å². The van der Waals surface area contributed by atoms with Gasteiger partial charge in [0.2, 0.25) is 0 Å². The van der Waals surface area contributed by atoms with Crippen LogP contribution in [0, 0.1) is 0 Å².